The number of carbonyl (C=O) groups excluding carboxylic acids is 1. The van der Waals surface area contributed by atoms with Crippen LogP contribution < -0.4 is 10.6 Å². The molecule has 1 amide bonds. The Morgan fingerprint density at radius 3 is 2.64 bits per heavy atom. The number of hydrogen-bond donors (Lipinski definition) is 5. The highest BCUT2D eigenvalue weighted by molar-refractivity contribution is 5.92. The van der Waals surface area contributed by atoms with E-state index in [9.17, 15) is 20.1 Å². The summed E-state index contributed by atoms with van der Waals surface area (Å²) in [6, 6.07) is 9.73. The lowest BCUT2D eigenvalue weighted by molar-refractivity contribution is -0.0511. The molecule has 5 N–H and O–H groups in total. The van der Waals surface area contributed by atoms with Gasteiger partial charge in [0.1, 0.15) is 18.3 Å². The van der Waals surface area contributed by atoms with E-state index in [1.54, 1.807) is 0 Å². The molecule has 1 aliphatic carbocycles. The fourth-order valence-corrected chi connectivity index (χ4v) is 5.00. The smallest absolute Gasteiger partial charge is 0.273 e. The number of aromatic nitrogens is 7. The summed E-state index contributed by atoms with van der Waals surface area (Å²) in [5, 5.41) is 44.7. The number of hydrogen-bond acceptors (Lipinski definition) is 11. The fourth-order valence-electron chi connectivity index (χ4n) is 5.00. The second-order valence-corrected chi connectivity index (χ2v) is 9.77. The van der Waals surface area contributed by atoms with Crippen molar-refractivity contribution in [3.05, 3.63) is 54.1 Å². The summed E-state index contributed by atoms with van der Waals surface area (Å²) >= 11 is 0. The van der Waals surface area contributed by atoms with E-state index in [-0.39, 0.29) is 17.7 Å². The topological polar surface area (TPSA) is 185 Å². The third-order valence-electron chi connectivity index (χ3n) is 7.12. The van der Waals surface area contributed by atoms with Crippen molar-refractivity contribution in [2.45, 2.75) is 62.8 Å². The number of fused-ring (bicyclic) bond motifs is 1. The maximum absolute atomic E-state index is 12.7. The molecule has 2 fully saturated rings. The lowest BCUT2D eigenvalue weighted by atomic mass is 10.1. The van der Waals surface area contributed by atoms with E-state index in [1.165, 1.54) is 21.8 Å². The van der Waals surface area contributed by atoms with Crippen LogP contribution in [0.5, 0.6) is 0 Å². The lowest BCUT2D eigenvalue weighted by Gasteiger charge is -2.17. The van der Waals surface area contributed by atoms with Gasteiger partial charge < -0.3 is 30.7 Å². The molecule has 2 aliphatic rings. The monoisotopic (exact) mass is 535 g/mol. The maximum atomic E-state index is 12.7. The van der Waals surface area contributed by atoms with E-state index in [1.807, 2.05) is 30.3 Å². The zero-order chi connectivity index (χ0) is 26.9. The number of benzene rings is 1. The van der Waals surface area contributed by atoms with Gasteiger partial charge >= 0.3 is 0 Å². The van der Waals surface area contributed by atoms with Gasteiger partial charge in [0, 0.05) is 12.6 Å². The zero-order valence-electron chi connectivity index (χ0n) is 21.0. The maximum Gasteiger partial charge on any atom is 0.273 e. The van der Waals surface area contributed by atoms with Crippen LogP contribution in [0.3, 0.4) is 0 Å². The zero-order valence-corrected chi connectivity index (χ0v) is 21.0. The van der Waals surface area contributed by atoms with Gasteiger partial charge in [-0.25, -0.2) is 4.98 Å². The molecule has 1 saturated heterocycles. The molecule has 204 valence electrons. The van der Waals surface area contributed by atoms with E-state index >= 15 is 0 Å². The van der Waals surface area contributed by atoms with Gasteiger partial charge in [0.25, 0.3) is 11.9 Å². The standard InChI is InChI=1S/C25H29N9O5/c35-12-17-19(36)20(37)24(39-17)33-13-27-18-21(28-15-8-4-5-9-15)29-25(30-22(18)33)34-11-16(31-32-34)23(38)26-10-14-6-2-1-3-7-14/h1-3,6-7,11,13,15,17,19-20,24,35-37H,4-5,8-10,12H2,(H,26,38)(H,28,29,30)/t17-,19-,20-,24-/m1/s1. The van der Waals surface area contributed by atoms with Crippen LogP contribution in [0.1, 0.15) is 48.0 Å². The first-order chi connectivity index (χ1) is 19.0. The summed E-state index contributed by atoms with van der Waals surface area (Å²) in [6.45, 7) is -0.113. The molecule has 0 unspecified atom stereocenters. The van der Waals surface area contributed by atoms with Crippen LogP contribution in [-0.2, 0) is 11.3 Å². The molecule has 6 rings (SSSR count). The molecule has 4 heterocycles. The first-order valence-corrected chi connectivity index (χ1v) is 12.9. The van der Waals surface area contributed by atoms with Crippen molar-refractivity contribution in [2.24, 2.45) is 0 Å². The molecule has 1 saturated carbocycles. The molecular formula is C25H29N9O5. The highest BCUT2D eigenvalue weighted by atomic mass is 16.6. The minimum absolute atomic E-state index is 0.0943. The van der Waals surface area contributed by atoms with E-state index in [2.05, 4.69) is 35.9 Å². The van der Waals surface area contributed by atoms with Crippen molar-refractivity contribution < 1.29 is 24.9 Å². The number of imidazole rings is 1. The Hall–Kier alpha value is -3.98. The second-order valence-electron chi connectivity index (χ2n) is 9.77. The first kappa shape index (κ1) is 25.3. The summed E-state index contributed by atoms with van der Waals surface area (Å²) in [4.78, 5) is 26.4. The summed E-state index contributed by atoms with van der Waals surface area (Å²) in [5.74, 6) is 0.205. The van der Waals surface area contributed by atoms with Crippen molar-refractivity contribution in [1.29, 1.82) is 0 Å². The molecule has 0 spiro atoms. The van der Waals surface area contributed by atoms with E-state index in [0.29, 0.717) is 23.5 Å². The predicted octanol–water partition coefficient (Wildman–Crippen LogP) is 0.303. The van der Waals surface area contributed by atoms with Crippen molar-refractivity contribution >= 4 is 22.9 Å². The molecule has 0 radical (unpaired) electrons. The molecule has 1 aliphatic heterocycles. The van der Waals surface area contributed by atoms with Crippen LogP contribution in [0.4, 0.5) is 5.82 Å². The van der Waals surface area contributed by atoms with Gasteiger partial charge in [0.05, 0.1) is 19.1 Å². The third kappa shape index (κ3) is 4.94. The van der Waals surface area contributed by atoms with Crippen LogP contribution in [0.2, 0.25) is 0 Å². The van der Waals surface area contributed by atoms with Crippen molar-refractivity contribution in [3.8, 4) is 5.95 Å². The molecule has 0 bridgehead atoms. The van der Waals surface area contributed by atoms with Gasteiger partial charge in [-0.1, -0.05) is 48.4 Å². The lowest BCUT2D eigenvalue weighted by Crippen LogP contribution is -2.33. The summed E-state index contributed by atoms with van der Waals surface area (Å²) < 4.78 is 8.50. The van der Waals surface area contributed by atoms with Crippen LogP contribution in [0.25, 0.3) is 17.1 Å². The van der Waals surface area contributed by atoms with Gasteiger partial charge in [0.15, 0.2) is 28.9 Å². The van der Waals surface area contributed by atoms with Gasteiger partial charge in [-0.05, 0) is 18.4 Å². The first-order valence-electron chi connectivity index (χ1n) is 12.9. The molecule has 14 heteroatoms. The number of carbonyl (C=O) groups is 1. The summed E-state index contributed by atoms with van der Waals surface area (Å²) in [6.07, 6.45) is 2.53. The predicted molar refractivity (Wildman–Crippen MR) is 137 cm³/mol. The van der Waals surface area contributed by atoms with E-state index in [4.69, 9.17) is 4.74 Å². The van der Waals surface area contributed by atoms with Crippen molar-refractivity contribution in [1.82, 2.24) is 39.8 Å². The molecule has 3 aromatic heterocycles. The molecule has 4 atom stereocenters. The van der Waals surface area contributed by atoms with Crippen molar-refractivity contribution in [3.63, 3.8) is 0 Å². The Morgan fingerprint density at radius 2 is 1.90 bits per heavy atom. The second kappa shape index (κ2) is 10.6. The normalized spacial score (nSPS) is 23.5. The summed E-state index contributed by atoms with van der Waals surface area (Å²) in [5.41, 5.74) is 1.81. The largest absolute Gasteiger partial charge is 0.394 e. The Balaban J connectivity index is 1.33. The SMILES string of the molecule is O=C(NCc1ccccc1)c1cn(-c2nc(NC3CCCC3)c3ncn([C@@H]4O[C@H](CO)[C@@H](O)[C@H]4O)c3n2)nn1. The van der Waals surface area contributed by atoms with Crippen LogP contribution in [-0.4, -0.2) is 86.7 Å². The molecular weight excluding hydrogens is 506 g/mol. The van der Waals surface area contributed by atoms with Gasteiger partial charge in [-0.2, -0.15) is 14.6 Å². The Labute approximate surface area is 222 Å². The Kier molecular flexibility index (Phi) is 6.91. The van der Waals surface area contributed by atoms with E-state index < -0.39 is 37.1 Å². The number of rotatable bonds is 8. The molecule has 14 nitrogen and oxygen atoms in total. The molecule has 1 aromatic carbocycles. The third-order valence-corrected chi connectivity index (χ3v) is 7.12. The average molecular weight is 536 g/mol. The average Bonchev–Trinajstić information content (AvgIpc) is 3.76. The number of nitrogens with zero attached hydrogens (tertiary/aromatic N) is 7. The van der Waals surface area contributed by atoms with Crippen LogP contribution in [0, 0.1) is 0 Å². The van der Waals surface area contributed by atoms with Gasteiger partial charge in [0.2, 0.25) is 0 Å². The van der Waals surface area contributed by atoms with E-state index in [0.717, 1.165) is 31.2 Å². The Morgan fingerprint density at radius 1 is 1.10 bits per heavy atom. The van der Waals surface area contributed by atoms with Crippen molar-refractivity contribution in [2.75, 3.05) is 11.9 Å². The molecule has 39 heavy (non-hydrogen) atoms. The minimum Gasteiger partial charge on any atom is -0.394 e. The number of anilines is 1. The number of nitrogens with one attached hydrogen (secondary N) is 2. The highest BCUT2D eigenvalue weighted by Crippen LogP contribution is 2.33. The quantitative estimate of drug-likeness (QED) is 0.209. The number of ether oxygens (including phenoxy) is 1. The van der Waals surface area contributed by atoms with Crippen LogP contribution in [0.15, 0.2) is 42.9 Å². The number of aliphatic hydroxyl groups is 3. The minimum atomic E-state index is -1.31. The fraction of sp³-hybridized carbons (Fsp3) is 0.440. The van der Waals surface area contributed by atoms with Gasteiger partial charge in [-0.15, -0.1) is 5.10 Å². The molecule has 4 aromatic rings. The number of aliphatic hydroxyl groups excluding tert-OH is 3. The van der Waals surface area contributed by atoms with Crippen LogP contribution >= 0.6 is 0 Å². The van der Waals surface area contributed by atoms with Gasteiger partial charge in [-0.3, -0.25) is 9.36 Å². The summed E-state index contributed by atoms with van der Waals surface area (Å²) in [7, 11) is 0. The highest BCUT2D eigenvalue weighted by Gasteiger charge is 2.44. The number of amides is 1. The Bertz CT molecular complexity index is 1450.